The van der Waals surface area contributed by atoms with Crippen LogP contribution in [0.25, 0.3) is 0 Å². The van der Waals surface area contributed by atoms with E-state index in [0.717, 1.165) is 11.4 Å². The molecule has 1 amide bonds. The van der Waals surface area contributed by atoms with Crippen molar-refractivity contribution in [3.05, 3.63) is 48.7 Å². The molecule has 0 heterocycles. The van der Waals surface area contributed by atoms with Crippen molar-refractivity contribution in [1.29, 1.82) is 0 Å². The van der Waals surface area contributed by atoms with Gasteiger partial charge in [-0.15, -0.1) is 0 Å². The quantitative estimate of drug-likeness (QED) is 0.635. The minimum absolute atomic E-state index is 0.238. The molecule has 6 nitrogen and oxygen atoms in total. The zero-order valence-electron chi connectivity index (χ0n) is 11.8. The average molecular weight is 290 g/mol. The Morgan fingerprint density at radius 1 is 1.43 bits per heavy atom. The Balaban J connectivity index is 2.52. The number of aliphatic carboxylic acids is 1. The lowest BCUT2D eigenvalue weighted by molar-refractivity contribution is -0.138. The van der Waals surface area contributed by atoms with Gasteiger partial charge in [-0.2, -0.15) is 0 Å². The minimum atomic E-state index is -1.10. The molecule has 0 aromatic heterocycles. The summed E-state index contributed by atoms with van der Waals surface area (Å²) in [5.74, 6) is -1.07. The van der Waals surface area contributed by atoms with Crippen LogP contribution in [-0.2, 0) is 9.59 Å². The van der Waals surface area contributed by atoms with E-state index in [4.69, 9.17) is 9.84 Å². The van der Waals surface area contributed by atoms with E-state index in [1.165, 1.54) is 0 Å². The number of benzene rings is 1. The first-order valence-electron chi connectivity index (χ1n) is 6.29. The molecular formula is C15H18N2O4. The summed E-state index contributed by atoms with van der Waals surface area (Å²) in [6, 6.07) is 7.10. The van der Waals surface area contributed by atoms with Crippen LogP contribution in [0.5, 0.6) is 5.75 Å². The lowest BCUT2D eigenvalue weighted by Crippen LogP contribution is -2.33. The van der Waals surface area contributed by atoms with E-state index < -0.39 is 18.4 Å². The van der Waals surface area contributed by atoms with E-state index in [9.17, 15) is 9.59 Å². The number of carbonyl (C=O) groups is 2. The fraction of sp³-hybridized carbons (Fsp3) is 0.200. The van der Waals surface area contributed by atoms with Gasteiger partial charge in [-0.3, -0.25) is 9.59 Å². The van der Waals surface area contributed by atoms with Crippen molar-refractivity contribution in [2.24, 2.45) is 0 Å². The number of nitrogens with one attached hydrogen (secondary N) is 2. The number of allylic oxidation sites excluding steroid dienone is 3. The van der Waals surface area contributed by atoms with E-state index >= 15 is 0 Å². The zero-order chi connectivity index (χ0) is 15.7. The SMILES string of the molecule is C=C/C=C(\C)Nc1cccc(OCC(=O)NCC(=O)O)c1. The minimum Gasteiger partial charge on any atom is -0.484 e. The molecule has 0 bridgehead atoms. The van der Waals surface area contributed by atoms with Gasteiger partial charge in [0.1, 0.15) is 12.3 Å². The van der Waals surface area contributed by atoms with E-state index in [1.54, 1.807) is 24.3 Å². The fourth-order valence-electron chi connectivity index (χ4n) is 1.48. The Morgan fingerprint density at radius 2 is 2.19 bits per heavy atom. The maximum atomic E-state index is 11.3. The number of carboxylic acids is 1. The maximum Gasteiger partial charge on any atom is 0.322 e. The summed E-state index contributed by atoms with van der Waals surface area (Å²) in [4.78, 5) is 21.6. The van der Waals surface area contributed by atoms with Crippen LogP contribution in [0.3, 0.4) is 0 Å². The lowest BCUT2D eigenvalue weighted by atomic mass is 10.3. The molecule has 21 heavy (non-hydrogen) atoms. The van der Waals surface area contributed by atoms with Crippen LogP contribution in [-0.4, -0.2) is 30.1 Å². The van der Waals surface area contributed by atoms with Crippen LogP contribution >= 0.6 is 0 Å². The molecule has 0 aliphatic carbocycles. The third-order valence-corrected chi connectivity index (χ3v) is 2.35. The van der Waals surface area contributed by atoms with Crippen molar-refractivity contribution in [2.75, 3.05) is 18.5 Å². The normalized spacial score (nSPS) is 10.6. The van der Waals surface area contributed by atoms with Gasteiger partial charge in [0, 0.05) is 17.5 Å². The van der Waals surface area contributed by atoms with E-state index in [-0.39, 0.29) is 6.61 Å². The first kappa shape index (κ1) is 16.3. The Labute approximate surface area is 123 Å². The number of carboxylic acid groups (broad SMARTS) is 1. The van der Waals surface area contributed by atoms with E-state index in [2.05, 4.69) is 17.2 Å². The van der Waals surface area contributed by atoms with Gasteiger partial charge in [-0.25, -0.2) is 0 Å². The Hall–Kier alpha value is -2.76. The average Bonchev–Trinajstić information content (AvgIpc) is 2.43. The van der Waals surface area contributed by atoms with Crippen molar-refractivity contribution in [2.45, 2.75) is 6.92 Å². The Kier molecular flexibility index (Phi) is 6.53. The largest absolute Gasteiger partial charge is 0.484 e. The number of ether oxygens (including phenoxy) is 1. The predicted octanol–water partition coefficient (Wildman–Crippen LogP) is 1.77. The number of hydrogen-bond donors (Lipinski definition) is 3. The molecule has 1 aromatic rings. The van der Waals surface area contributed by atoms with Crippen molar-refractivity contribution in [3.8, 4) is 5.75 Å². The van der Waals surface area contributed by atoms with Gasteiger partial charge in [-0.1, -0.05) is 18.7 Å². The molecule has 0 saturated carbocycles. The van der Waals surface area contributed by atoms with Gasteiger partial charge in [0.25, 0.3) is 5.91 Å². The fourth-order valence-corrected chi connectivity index (χ4v) is 1.48. The molecule has 1 rings (SSSR count). The summed E-state index contributed by atoms with van der Waals surface area (Å²) in [5.41, 5.74) is 1.73. The van der Waals surface area contributed by atoms with Gasteiger partial charge in [0.05, 0.1) is 0 Å². The van der Waals surface area contributed by atoms with Crippen LogP contribution < -0.4 is 15.4 Å². The number of hydrogen-bond acceptors (Lipinski definition) is 4. The van der Waals surface area contributed by atoms with Crippen molar-refractivity contribution in [1.82, 2.24) is 5.32 Å². The highest BCUT2D eigenvalue weighted by molar-refractivity contribution is 5.82. The second-order valence-electron chi connectivity index (χ2n) is 4.20. The smallest absolute Gasteiger partial charge is 0.322 e. The molecular weight excluding hydrogens is 272 g/mol. The topological polar surface area (TPSA) is 87.7 Å². The zero-order valence-corrected chi connectivity index (χ0v) is 11.8. The maximum absolute atomic E-state index is 11.3. The highest BCUT2D eigenvalue weighted by atomic mass is 16.5. The second kappa shape index (κ2) is 8.42. The summed E-state index contributed by atoms with van der Waals surface area (Å²) in [5, 5.41) is 13.8. The first-order valence-corrected chi connectivity index (χ1v) is 6.29. The third kappa shape index (κ3) is 6.81. The van der Waals surface area contributed by atoms with Crippen LogP contribution in [0.1, 0.15) is 6.92 Å². The van der Waals surface area contributed by atoms with Crippen LogP contribution in [0.4, 0.5) is 5.69 Å². The second-order valence-corrected chi connectivity index (χ2v) is 4.20. The predicted molar refractivity (Wildman–Crippen MR) is 80.2 cm³/mol. The summed E-state index contributed by atoms with van der Waals surface area (Å²) in [7, 11) is 0. The molecule has 1 aromatic carbocycles. The van der Waals surface area contributed by atoms with Gasteiger partial charge in [0.2, 0.25) is 0 Å². The number of anilines is 1. The van der Waals surface area contributed by atoms with Crippen molar-refractivity contribution < 1.29 is 19.4 Å². The molecule has 0 saturated heterocycles. The van der Waals surface area contributed by atoms with Crippen molar-refractivity contribution in [3.63, 3.8) is 0 Å². The van der Waals surface area contributed by atoms with E-state index in [1.807, 2.05) is 19.1 Å². The molecule has 0 aliphatic heterocycles. The third-order valence-electron chi connectivity index (χ3n) is 2.35. The standard InChI is InChI=1S/C15H18N2O4/c1-3-5-11(2)17-12-6-4-7-13(8-12)21-10-14(18)16-9-15(19)20/h3-8,17H,1,9-10H2,2H3,(H,16,18)(H,19,20)/b11-5+. The molecule has 112 valence electrons. The number of rotatable bonds is 8. The van der Waals surface area contributed by atoms with Gasteiger partial charge in [-0.05, 0) is 25.1 Å². The highest BCUT2D eigenvalue weighted by Crippen LogP contribution is 2.18. The van der Waals surface area contributed by atoms with Crippen LogP contribution in [0.15, 0.2) is 48.7 Å². The lowest BCUT2D eigenvalue weighted by Gasteiger charge is -2.10. The monoisotopic (exact) mass is 290 g/mol. The molecule has 0 radical (unpaired) electrons. The molecule has 0 aliphatic rings. The van der Waals surface area contributed by atoms with Gasteiger partial charge >= 0.3 is 5.97 Å². The summed E-state index contributed by atoms with van der Waals surface area (Å²) in [6.07, 6.45) is 3.50. The van der Waals surface area contributed by atoms with E-state index in [0.29, 0.717) is 5.75 Å². The van der Waals surface area contributed by atoms with Gasteiger partial charge < -0.3 is 20.5 Å². The molecule has 0 spiro atoms. The highest BCUT2D eigenvalue weighted by Gasteiger charge is 2.05. The van der Waals surface area contributed by atoms with Gasteiger partial charge in [0.15, 0.2) is 6.61 Å². The summed E-state index contributed by atoms with van der Waals surface area (Å²) >= 11 is 0. The Bertz CT molecular complexity index is 552. The number of carbonyl (C=O) groups excluding carboxylic acids is 1. The molecule has 6 heteroatoms. The molecule has 0 unspecified atom stereocenters. The van der Waals surface area contributed by atoms with Crippen LogP contribution in [0, 0.1) is 0 Å². The summed E-state index contributed by atoms with van der Waals surface area (Å²) < 4.78 is 5.30. The summed E-state index contributed by atoms with van der Waals surface area (Å²) in [6.45, 7) is 4.85. The first-order chi connectivity index (χ1) is 10.0. The van der Waals surface area contributed by atoms with Crippen molar-refractivity contribution >= 4 is 17.6 Å². The number of amides is 1. The Morgan fingerprint density at radius 3 is 2.86 bits per heavy atom. The molecule has 0 fully saturated rings. The molecule has 3 N–H and O–H groups in total. The van der Waals surface area contributed by atoms with Crippen LogP contribution in [0.2, 0.25) is 0 Å². The molecule has 0 atom stereocenters.